The second-order valence-electron chi connectivity index (χ2n) is 4.94. The first-order valence-corrected chi connectivity index (χ1v) is 7.45. The molecular weight excluding hydrogens is 308 g/mol. The highest BCUT2D eigenvalue weighted by Gasteiger charge is 1.96. The highest BCUT2D eigenvalue weighted by molar-refractivity contribution is 9.10. The number of rotatable bonds is 2. The predicted molar refractivity (Wildman–Crippen MR) is 91.8 cm³/mol. The predicted octanol–water partition coefficient (Wildman–Crippen LogP) is 6.08. The topological polar surface area (TPSA) is 0 Å². The highest BCUT2D eigenvalue weighted by atomic mass is 79.9. The van der Waals surface area contributed by atoms with E-state index in [4.69, 9.17) is 0 Å². The second-order valence-corrected chi connectivity index (χ2v) is 5.86. The summed E-state index contributed by atoms with van der Waals surface area (Å²) < 4.78 is 1.11. The Kier molecular flexibility index (Phi) is 3.70. The van der Waals surface area contributed by atoms with Crippen molar-refractivity contribution in [3.63, 3.8) is 0 Å². The van der Waals surface area contributed by atoms with Crippen LogP contribution >= 0.6 is 15.9 Å². The third-order valence-electron chi connectivity index (χ3n) is 3.47. The van der Waals surface area contributed by atoms with Crippen molar-refractivity contribution in [1.29, 1.82) is 0 Å². The third kappa shape index (κ3) is 2.83. The van der Waals surface area contributed by atoms with Gasteiger partial charge in [0.1, 0.15) is 0 Å². The number of benzene rings is 3. The van der Waals surface area contributed by atoms with Crippen LogP contribution in [0.5, 0.6) is 0 Å². The van der Waals surface area contributed by atoms with Gasteiger partial charge in [-0.1, -0.05) is 70.5 Å². The Morgan fingerprint density at radius 1 is 0.800 bits per heavy atom. The maximum atomic E-state index is 3.52. The summed E-state index contributed by atoms with van der Waals surface area (Å²) >= 11 is 3.52. The van der Waals surface area contributed by atoms with Gasteiger partial charge < -0.3 is 0 Å². The van der Waals surface area contributed by atoms with E-state index in [-0.39, 0.29) is 0 Å². The van der Waals surface area contributed by atoms with Crippen molar-refractivity contribution in [3.05, 3.63) is 81.8 Å². The Morgan fingerprint density at radius 3 is 2.45 bits per heavy atom. The van der Waals surface area contributed by atoms with E-state index in [1.807, 2.05) is 0 Å². The van der Waals surface area contributed by atoms with Crippen molar-refractivity contribution in [2.75, 3.05) is 0 Å². The van der Waals surface area contributed by atoms with E-state index in [0.717, 1.165) is 4.47 Å². The van der Waals surface area contributed by atoms with Gasteiger partial charge in [-0.3, -0.25) is 0 Å². The monoisotopic (exact) mass is 322 g/mol. The van der Waals surface area contributed by atoms with Crippen LogP contribution in [0.4, 0.5) is 0 Å². The molecule has 0 aliphatic rings. The molecule has 1 heteroatoms. The number of aryl methyl sites for hydroxylation is 1. The maximum absolute atomic E-state index is 3.52. The van der Waals surface area contributed by atoms with Crippen molar-refractivity contribution < 1.29 is 0 Å². The first-order valence-electron chi connectivity index (χ1n) is 6.65. The van der Waals surface area contributed by atoms with Crippen LogP contribution in [0.15, 0.2) is 65.1 Å². The fraction of sp³-hybridized carbons (Fsp3) is 0.0526. The van der Waals surface area contributed by atoms with Crippen molar-refractivity contribution >= 4 is 38.9 Å². The van der Waals surface area contributed by atoms with Gasteiger partial charge in [0.25, 0.3) is 0 Å². The molecule has 0 saturated heterocycles. The summed E-state index contributed by atoms with van der Waals surface area (Å²) in [5.41, 5.74) is 3.75. The summed E-state index contributed by atoms with van der Waals surface area (Å²) in [5, 5.41) is 2.56. The molecule has 20 heavy (non-hydrogen) atoms. The second kappa shape index (κ2) is 5.64. The first-order chi connectivity index (χ1) is 9.72. The van der Waals surface area contributed by atoms with Gasteiger partial charge >= 0.3 is 0 Å². The standard InChI is InChI=1S/C19H15Br/c1-14-6-11-19(20)13-17(14)10-8-15-7-9-16-4-2-3-5-18(16)12-15/h2-13H,1H3/b10-8+. The summed E-state index contributed by atoms with van der Waals surface area (Å²) in [6, 6.07) is 21.3. The average Bonchev–Trinajstić information content (AvgIpc) is 2.48. The normalized spacial score (nSPS) is 11.3. The molecule has 0 fully saturated rings. The number of hydrogen-bond donors (Lipinski definition) is 0. The molecule has 3 aromatic rings. The van der Waals surface area contributed by atoms with Crippen LogP contribution in [0, 0.1) is 6.92 Å². The molecule has 0 aliphatic carbocycles. The van der Waals surface area contributed by atoms with Gasteiger partial charge in [0.05, 0.1) is 0 Å². The summed E-state index contributed by atoms with van der Waals surface area (Å²) in [5.74, 6) is 0. The Balaban J connectivity index is 1.96. The van der Waals surface area contributed by atoms with Crippen LogP contribution in [0.3, 0.4) is 0 Å². The van der Waals surface area contributed by atoms with Crippen LogP contribution in [0.25, 0.3) is 22.9 Å². The van der Waals surface area contributed by atoms with E-state index in [0.29, 0.717) is 0 Å². The fourth-order valence-corrected chi connectivity index (χ4v) is 2.67. The SMILES string of the molecule is Cc1ccc(Br)cc1/C=C/c1ccc2ccccc2c1. The lowest BCUT2D eigenvalue weighted by molar-refractivity contribution is 1.43. The highest BCUT2D eigenvalue weighted by Crippen LogP contribution is 2.20. The van der Waals surface area contributed by atoms with Crippen LogP contribution in [-0.2, 0) is 0 Å². The average molecular weight is 323 g/mol. The zero-order valence-electron chi connectivity index (χ0n) is 11.3. The smallest absolute Gasteiger partial charge is 0.0181 e. The van der Waals surface area contributed by atoms with E-state index in [1.165, 1.54) is 27.5 Å². The number of halogens is 1. The minimum atomic E-state index is 1.11. The lowest BCUT2D eigenvalue weighted by atomic mass is 10.0. The zero-order chi connectivity index (χ0) is 13.9. The molecule has 0 atom stereocenters. The molecule has 0 spiro atoms. The van der Waals surface area contributed by atoms with Crippen LogP contribution in [-0.4, -0.2) is 0 Å². The van der Waals surface area contributed by atoms with Crippen LogP contribution < -0.4 is 0 Å². The summed E-state index contributed by atoms with van der Waals surface area (Å²) in [6.07, 6.45) is 4.34. The summed E-state index contributed by atoms with van der Waals surface area (Å²) in [7, 11) is 0. The Hall–Kier alpha value is -1.86. The van der Waals surface area contributed by atoms with Gasteiger partial charge in [-0.25, -0.2) is 0 Å². The van der Waals surface area contributed by atoms with Crippen LogP contribution in [0.2, 0.25) is 0 Å². The number of hydrogen-bond acceptors (Lipinski definition) is 0. The van der Waals surface area contributed by atoms with E-state index < -0.39 is 0 Å². The molecule has 0 N–H and O–H groups in total. The fourth-order valence-electron chi connectivity index (χ4n) is 2.29. The molecule has 0 radical (unpaired) electrons. The maximum Gasteiger partial charge on any atom is 0.0181 e. The van der Waals surface area contributed by atoms with E-state index in [9.17, 15) is 0 Å². The van der Waals surface area contributed by atoms with Crippen molar-refractivity contribution in [1.82, 2.24) is 0 Å². The largest absolute Gasteiger partial charge is 0.0616 e. The van der Waals surface area contributed by atoms with Gasteiger partial charge in [0, 0.05) is 4.47 Å². The van der Waals surface area contributed by atoms with E-state index in [1.54, 1.807) is 0 Å². The zero-order valence-corrected chi connectivity index (χ0v) is 12.9. The molecule has 0 heterocycles. The van der Waals surface area contributed by atoms with Gasteiger partial charge in [-0.05, 0) is 52.6 Å². The van der Waals surface area contributed by atoms with Crippen molar-refractivity contribution in [3.8, 4) is 0 Å². The molecule has 3 rings (SSSR count). The molecule has 0 amide bonds. The minimum Gasteiger partial charge on any atom is -0.0616 e. The van der Waals surface area contributed by atoms with Crippen molar-refractivity contribution in [2.45, 2.75) is 6.92 Å². The summed E-state index contributed by atoms with van der Waals surface area (Å²) in [6.45, 7) is 2.13. The molecular formula is C19H15Br. The van der Waals surface area contributed by atoms with Crippen molar-refractivity contribution in [2.24, 2.45) is 0 Å². The van der Waals surface area contributed by atoms with E-state index in [2.05, 4.69) is 95.7 Å². The van der Waals surface area contributed by atoms with E-state index >= 15 is 0 Å². The Labute approximate surface area is 127 Å². The van der Waals surface area contributed by atoms with Gasteiger partial charge in [-0.2, -0.15) is 0 Å². The molecule has 3 aromatic carbocycles. The van der Waals surface area contributed by atoms with Crippen LogP contribution in [0.1, 0.15) is 16.7 Å². The first kappa shape index (κ1) is 13.1. The molecule has 98 valence electrons. The van der Waals surface area contributed by atoms with Gasteiger partial charge in [0.2, 0.25) is 0 Å². The lowest BCUT2D eigenvalue weighted by Crippen LogP contribution is -1.80. The Bertz CT molecular complexity index is 785. The molecule has 0 aromatic heterocycles. The molecule has 0 bridgehead atoms. The lowest BCUT2D eigenvalue weighted by Gasteiger charge is -2.02. The Morgan fingerprint density at radius 2 is 1.60 bits per heavy atom. The molecule has 0 saturated carbocycles. The molecule has 0 unspecified atom stereocenters. The van der Waals surface area contributed by atoms with Gasteiger partial charge in [0.15, 0.2) is 0 Å². The number of fused-ring (bicyclic) bond motifs is 1. The van der Waals surface area contributed by atoms with Gasteiger partial charge in [-0.15, -0.1) is 0 Å². The molecule has 0 aliphatic heterocycles. The minimum absolute atomic E-state index is 1.11. The third-order valence-corrected chi connectivity index (χ3v) is 3.96. The quantitative estimate of drug-likeness (QED) is 0.501. The molecule has 0 nitrogen and oxygen atoms in total. The summed E-state index contributed by atoms with van der Waals surface area (Å²) in [4.78, 5) is 0.